The molecular weight excluding hydrogens is 257 g/mol. The summed E-state index contributed by atoms with van der Waals surface area (Å²) in [6.07, 6.45) is -3.66. The molecule has 2 atom stereocenters. The molecule has 0 aliphatic carbocycles. The van der Waals surface area contributed by atoms with Gasteiger partial charge in [-0.15, -0.1) is 0 Å². The number of carbonyl (C=O) groups excluding carboxylic acids is 1. The molecule has 0 saturated carbocycles. The van der Waals surface area contributed by atoms with E-state index in [1.165, 1.54) is 7.11 Å². The molecule has 1 aromatic rings. The quantitative estimate of drug-likeness (QED) is 0.529. The van der Waals surface area contributed by atoms with Crippen molar-refractivity contribution in [3.05, 3.63) is 23.5 Å². The summed E-state index contributed by atoms with van der Waals surface area (Å²) in [6, 6.07) is 2.06. The van der Waals surface area contributed by atoms with Gasteiger partial charge in [-0.1, -0.05) is 0 Å². The summed E-state index contributed by atoms with van der Waals surface area (Å²) >= 11 is 0. The summed E-state index contributed by atoms with van der Waals surface area (Å²) in [6.45, 7) is 1.58. The second kappa shape index (κ2) is 6.35. The molecule has 0 heterocycles. The van der Waals surface area contributed by atoms with Crippen LogP contribution in [0.15, 0.2) is 12.1 Å². The van der Waals surface area contributed by atoms with Crippen LogP contribution in [0.4, 0.5) is 10.1 Å². The third kappa shape index (κ3) is 3.33. The molecule has 0 bridgehead atoms. The van der Waals surface area contributed by atoms with Crippen molar-refractivity contribution >= 4 is 11.7 Å². The average Bonchev–Trinajstić information content (AvgIpc) is 2.37. The van der Waals surface area contributed by atoms with E-state index in [0.29, 0.717) is 0 Å². The highest BCUT2D eigenvalue weighted by atomic mass is 19.1. The van der Waals surface area contributed by atoms with Crippen molar-refractivity contribution < 1.29 is 28.9 Å². The summed E-state index contributed by atoms with van der Waals surface area (Å²) in [5, 5.41) is 19.4. The number of esters is 1. The summed E-state index contributed by atoms with van der Waals surface area (Å²) in [7, 11) is 1.32. The van der Waals surface area contributed by atoms with Crippen molar-refractivity contribution in [3.8, 4) is 5.75 Å². The Balaban J connectivity index is 3.05. The Morgan fingerprint density at radius 3 is 2.63 bits per heavy atom. The highest BCUT2D eigenvalue weighted by Gasteiger charge is 2.29. The Labute approximate surface area is 109 Å². The molecule has 1 aromatic carbocycles. The Morgan fingerprint density at radius 2 is 2.11 bits per heavy atom. The molecule has 4 N–H and O–H groups in total. The molecule has 7 heteroatoms. The second-order valence-electron chi connectivity index (χ2n) is 3.76. The minimum Gasteiger partial charge on any atom is -0.495 e. The van der Waals surface area contributed by atoms with Crippen LogP contribution in [0, 0.1) is 5.82 Å². The van der Waals surface area contributed by atoms with Crippen molar-refractivity contribution in [3.63, 3.8) is 0 Å². The SMILES string of the molecule is CCOC(=O)C(O)C(O)c1cc(OC)c(N)cc1F. The summed E-state index contributed by atoms with van der Waals surface area (Å²) in [5.41, 5.74) is 5.23. The first-order valence-electron chi connectivity index (χ1n) is 5.58. The first-order chi connectivity index (χ1) is 8.92. The Bertz CT molecular complexity index is 466. The number of carbonyl (C=O) groups is 1. The number of nitrogen functional groups attached to an aromatic ring is 1. The topological polar surface area (TPSA) is 102 Å². The molecule has 0 saturated heterocycles. The normalized spacial score (nSPS) is 13.7. The predicted molar refractivity (Wildman–Crippen MR) is 65.0 cm³/mol. The van der Waals surface area contributed by atoms with Crippen LogP contribution in [-0.2, 0) is 9.53 Å². The number of aliphatic hydroxyl groups is 2. The molecule has 106 valence electrons. The molecule has 19 heavy (non-hydrogen) atoms. The van der Waals surface area contributed by atoms with Crippen LogP contribution in [0.3, 0.4) is 0 Å². The lowest BCUT2D eigenvalue weighted by molar-refractivity contribution is -0.159. The lowest BCUT2D eigenvalue weighted by Crippen LogP contribution is -2.30. The molecule has 0 radical (unpaired) electrons. The molecule has 0 aliphatic heterocycles. The van der Waals surface area contributed by atoms with Gasteiger partial charge in [0.15, 0.2) is 6.10 Å². The van der Waals surface area contributed by atoms with Crippen molar-refractivity contribution in [2.75, 3.05) is 19.5 Å². The highest BCUT2D eigenvalue weighted by Crippen LogP contribution is 2.30. The zero-order valence-electron chi connectivity index (χ0n) is 10.6. The fourth-order valence-electron chi connectivity index (χ4n) is 1.51. The standard InChI is InChI=1S/C12H16FNO5/c1-3-19-12(17)11(16)10(15)6-4-9(18-2)8(14)5-7(6)13/h4-5,10-11,15-16H,3,14H2,1-2H3. The molecule has 1 rings (SSSR count). The fraction of sp³-hybridized carbons (Fsp3) is 0.417. The molecule has 0 aromatic heterocycles. The van der Waals surface area contributed by atoms with E-state index in [1.54, 1.807) is 6.92 Å². The number of aliphatic hydroxyl groups excluding tert-OH is 2. The van der Waals surface area contributed by atoms with Gasteiger partial charge in [-0.3, -0.25) is 0 Å². The first kappa shape index (κ1) is 15.2. The largest absolute Gasteiger partial charge is 0.495 e. The van der Waals surface area contributed by atoms with Crippen LogP contribution in [0.25, 0.3) is 0 Å². The predicted octanol–water partition coefficient (Wildman–Crippen LogP) is 0.374. The van der Waals surface area contributed by atoms with Gasteiger partial charge in [-0.2, -0.15) is 0 Å². The number of methoxy groups -OCH3 is 1. The van der Waals surface area contributed by atoms with Gasteiger partial charge in [-0.25, -0.2) is 9.18 Å². The Hall–Kier alpha value is -1.86. The van der Waals surface area contributed by atoms with Gasteiger partial charge < -0.3 is 25.4 Å². The monoisotopic (exact) mass is 273 g/mol. The van der Waals surface area contributed by atoms with Crippen LogP contribution in [0.5, 0.6) is 5.75 Å². The van der Waals surface area contributed by atoms with E-state index in [1.807, 2.05) is 0 Å². The second-order valence-corrected chi connectivity index (χ2v) is 3.76. The fourth-order valence-corrected chi connectivity index (χ4v) is 1.51. The van der Waals surface area contributed by atoms with Crippen molar-refractivity contribution in [1.82, 2.24) is 0 Å². The van der Waals surface area contributed by atoms with Crippen LogP contribution in [-0.4, -0.2) is 36.0 Å². The maximum absolute atomic E-state index is 13.7. The van der Waals surface area contributed by atoms with E-state index in [4.69, 9.17) is 10.5 Å². The van der Waals surface area contributed by atoms with Crippen molar-refractivity contribution in [2.24, 2.45) is 0 Å². The lowest BCUT2D eigenvalue weighted by Gasteiger charge is -2.18. The van der Waals surface area contributed by atoms with Crippen molar-refractivity contribution in [2.45, 2.75) is 19.1 Å². The van der Waals surface area contributed by atoms with Crippen LogP contribution in [0.2, 0.25) is 0 Å². The van der Waals surface area contributed by atoms with Crippen LogP contribution >= 0.6 is 0 Å². The third-order valence-corrected chi connectivity index (χ3v) is 2.49. The number of ether oxygens (including phenoxy) is 2. The molecule has 0 amide bonds. The van der Waals surface area contributed by atoms with E-state index in [9.17, 15) is 19.4 Å². The van der Waals surface area contributed by atoms with Gasteiger partial charge >= 0.3 is 5.97 Å². The van der Waals surface area contributed by atoms with E-state index >= 15 is 0 Å². The molecule has 0 fully saturated rings. The van der Waals surface area contributed by atoms with Crippen LogP contribution < -0.4 is 10.5 Å². The van der Waals surface area contributed by atoms with E-state index in [0.717, 1.165) is 12.1 Å². The molecule has 0 aliphatic rings. The summed E-state index contributed by atoms with van der Waals surface area (Å²) in [4.78, 5) is 11.3. The number of nitrogens with two attached hydrogens (primary N) is 1. The number of hydrogen-bond donors (Lipinski definition) is 3. The van der Waals surface area contributed by atoms with E-state index in [-0.39, 0.29) is 23.6 Å². The van der Waals surface area contributed by atoms with Gasteiger partial charge in [-0.05, 0) is 13.0 Å². The van der Waals surface area contributed by atoms with Gasteiger partial charge in [0, 0.05) is 11.6 Å². The maximum Gasteiger partial charge on any atom is 0.338 e. The summed E-state index contributed by atoms with van der Waals surface area (Å²) in [5.74, 6) is -1.76. The third-order valence-electron chi connectivity index (χ3n) is 2.49. The molecule has 0 spiro atoms. The zero-order valence-corrected chi connectivity index (χ0v) is 10.6. The number of anilines is 1. The number of hydrogen-bond acceptors (Lipinski definition) is 6. The zero-order chi connectivity index (χ0) is 14.6. The minimum absolute atomic E-state index is 0.0379. The number of benzene rings is 1. The Kier molecular flexibility index (Phi) is 5.08. The maximum atomic E-state index is 13.7. The van der Waals surface area contributed by atoms with Gasteiger partial charge in [0.1, 0.15) is 17.7 Å². The number of rotatable bonds is 5. The van der Waals surface area contributed by atoms with Gasteiger partial charge in [0.2, 0.25) is 0 Å². The first-order valence-corrected chi connectivity index (χ1v) is 5.58. The van der Waals surface area contributed by atoms with Crippen molar-refractivity contribution in [1.29, 1.82) is 0 Å². The minimum atomic E-state index is -1.89. The molecule has 2 unspecified atom stereocenters. The lowest BCUT2D eigenvalue weighted by atomic mass is 10.0. The van der Waals surface area contributed by atoms with Crippen LogP contribution in [0.1, 0.15) is 18.6 Å². The van der Waals surface area contributed by atoms with E-state index in [2.05, 4.69) is 4.74 Å². The number of halogens is 1. The molecular formula is C12H16FNO5. The Morgan fingerprint density at radius 1 is 1.47 bits per heavy atom. The molecule has 6 nitrogen and oxygen atoms in total. The summed E-state index contributed by atoms with van der Waals surface area (Å²) < 4.78 is 23.1. The van der Waals surface area contributed by atoms with E-state index < -0.39 is 24.0 Å². The highest BCUT2D eigenvalue weighted by molar-refractivity contribution is 5.75. The average molecular weight is 273 g/mol. The van der Waals surface area contributed by atoms with Gasteiger partial charge in [0.05, 0.1) is 19.4 Å². The smallest absolute Gasteiger partial charge is 0.338 e. The van der Waals surface area contributed by atoms with Gasteiger partial charge in [0.25, 0.3) is 0 Å².